The van der Waals surface area contributed by atoms with Crippen molar-refractivity contribution in [2.45, 2.75) is 89.9 Å². The van der Waals surface area contributed by atoms with Crippen LogP contribution in [0.4, 0.5) is 4.79 Å². The van der Waals surface area contributed by atoms with Gasteiger partial charge in [0.25, 0.3) is 0 Å². The molecule has 2 aromatic carbocycles. The summed E-state index contributed by atoms with van der Waals surface area (Å²) in [6.45, 7) is 8.37. The van der Waals surface area contributed by atoms with Gasteiger partial charge in [-0.3, -0.25) is 4.79 Å². The van der Waals surface area contributed by atoms with Gasteiger partial charge in [-0.05, 0) is 50.5 Å². The number of alkyl carbamates (subject to hydrolysis) is 1. The van der Waals surface area contributed by atoms with E-state index in [9.17, 15) is 24.6 Å². The monoisotopic (exact) mass is 500 g/mol. The fraction of sp³-hybridized carbons (Fsp3) is 0.536. The van der Waals surface area contributed by atoms with Gasteiger partial charge in [0.05, 0.1) is 5.60 Å². The summed E-state index contributed by atoms with van der Waals surface area (Å²) in [7, 11) is 0. The van der Waals surface area contributed by atoms with Crippen LogP contribution < -0.4 is 10.6 Å². The number of fused-ring (bicyclic) bond motifs is 1. The van der Waals surface area contributed by atoms with Crippen molar-refractivity contribution in [1.29, 1.82) is 0 Å². The standard InChI is InChI=1S/C28H40N2O6/c1-6-7-8-13-23(31)30-28(24(32)33,17-20-14-15-21-11-9-10-12-22(21)16-20)18-27(5,35)19-29-25(34)36-26(2,3)4/h9-12,14-16,35H,6-8,13,17-19H2,1-5H3,(H,29,34)(H,30,31)(H,32,33)/t27-,28+/m0/s1. The van der Waals surface area contributed by atoms with Crippen molar-refractivity contribution < 1.29 is 29.3 Å². The number of carbonyl (C=O) groups excluding carboxylic acids is 2. The molecular formula is C28H40N2O6. The molecule has 0 aliphatic heterocycles. The summed E-state index contributed by atoms with van der Waals surface area (Å²) in [5.41, 5.74) is -3.45. The van der Waals surface area contributed by atoms with Crippen LogP contribution in [0.1, 0.15) is 72.3 Å². The number of aliphatic carboxylic acids is 1. The molecule has 8 nitrogen and oxygen atoms in total. The number of hydrogen-bond acceptors (Lipinski definition) is 5. The van der Waals surface area contributed by atoms with Crippen LogP contribution in [0.25, 0.3) is 10.8 Å². The number of rotatable bonds is 12. The van der Waals surface area contributed by atoms with Crippen LogP contribution in [0, 0.1) is 0 Å². The normalized spacial score (nSPS) is 14.9. The average molecular weight is 501 g/mol. The summed E-state index contributed by atoms with van der Waals surface area (Å²) in [5.74, 6) is -1.64. The highest BCUT2D eigenvalue weighted by Crippen LogP contribution is 2.28. The SMILES string of the molecule is CCCCCC(=O)N[C@](Cc1ccc2ccccc2c1)(C[C@](C)(O)CNC(=O)OC(C)(C)C)C(=O)O. The summed E-state index contributed by atoms with van der Waals surface area (Å²) in [5, 5.41) is 28.7. The molecule has 0 bridgehead atoms. The molecule has 8 heteroatoms. The fourth-order valence-electron chi connectivity index (χ4n) is 4.21. The molecular weight excluding hydrogens is 460 g/mol. The van der Waals surface area contributed by atoms with Crippen molar-refractivity contribution in [3.8, 4) is 0 Å². The lowest BCUT2D eigenvalue weighted by atomic mass is 9.80. The third-order valence-electron chi connectivity index (χ3n) is 5.81. The Morgan fingerprint density at radius 3 is 2.25 bits per heavy atom. The minimum atomic E-state index is -1.79. The summed E-state index contributed by atoms with van der Waals surface area (Å²) in [4.78, 5) is 37.6. The lowest BCUT2D eigenvalue weighted by molar-refractivity contribution is -0.151. The van der Waals surface area contributed by atoms with Crippen molar-refractivity contribution in [3.05, 3.63) is 48.0 Å². The molecule has 0 fully saturated rings. The molecule has 0 unspecified atom stereocenters. The third-order valence-corrected chi connectivity index (χ3v) is 5.81. The quantitative estimate of drug-likeness (QED) is 0.317. The lowest BCUT2D eigenvalue weighted by Gasteiger charge is -2.37. The Bertz CT molecular complexity index is 1060. The first-order chi connectivity index (χ1) is 16.8. The molecule has 0 aliphatic carbocycles. The molecule has 4 N–H and O–H groups in total. The van der Waals surface area contributed by atoms with Gasteiger partial charge in [0.2, 0.25) is 5.91 Å². The van der Waals surface area contributed by atoms with Crippen molar-refractivity contribution in [2.75, 3.05) is 6.54 Å². The molecule has 0 saturated carbocycles. The van der Waals surface area contributed by atoms with Crippen molar-refractivity contribution in [2.24, 2.45) is 0 Å². The first-order valence-electron chi connectivity index (χ1n) is 12.5. The second-order valence-electron chi connectivity index (χ2n) is 10.8. The first kappa shape index (κ1) is 29.1. The van der Waals surface area contributed by atoms with Crippen molar-refractivity contribution in [3.63, 3.8) is 0 Å². The molecule has 0 saturated heterocycles. The van der Waals surface area contributed by atoms with Gasteiger partial charge in [-0.2, -0.15) is 0 Å². The number of unbranched alkanes of at least 4 members (excludes halogenated alkanes) is 2. The Kier molecular flexibility index (Phi) is 9.87. The van der Waals surface area contributed by atoms with E-state index in [1.807, 2.05) is 49.4 Å². The van der Waals surface area contributed by atoms with Crippen LogP contribution in [-0.2, 0) is 20.7 Å². The number of nitrogens with one attached hydrogen (secondary N) is 2. The van der Waals surface area contributed by atoms with E-state index >= 15 is 0 Å². The number of carbonyl (C=O) groups is 3. The maximum Gasteiger partial charge on any atom is 0.407 e. The summed E-state index contributed by atoms with van der Waals surface area (Å²) < 4.78 is 5.22. The Labute approximate surface area is 213 Å². The largest absolute Gasteiger partial charge is 0.479 e. The molecule has 198 valence electrons. The number of ether oxygens (including phenoxy) is 1. The highest BCUT2D eigenvalue weighted by Gasteiger charge is 2.45. The Morgan fingerprint density at radius 2 is 1.64 bits per heavy atom. The molecule has 2 amide bonds. The minimum absolute atomic E-state index is 0.0325. The second-order valence-corrected chi connectivity index (χ2v) is 10.8. The Hall–Kier alpha value is -3.13. The van der Waals surface area contributed by atoms with Crippen LogP contribution >= 0.6 is 0 Å². The smallest absolute Gasteiger partial charge is 0.407 e. The lowest BCUT2D eigenvalue weighted by Crippen LogP contribution is -2.61. The predicted molar refractivity (Wildman–Crippen MR) is 140 cm³/mol. The van der Waals surface area contributed by atoms with Gasteiger partial charge in [-0.25, -0.2) is 9.59 Å². The van der Waals surface area contributed by atoms with Crippen LogP contribution in [0.3, 0.4) is 0 Å². The zero-order valence-corrected chi connectivity index (χ0v) is 22.0. The number of benzene rings is 2. The van der Waals surface area contributed by atoms with Gasteiger partial charge in [0, 0.05) is 25.8 Å². The van der Waals surface area contributed by atoms with Gasteiger partial charge >= 0.3 is 12.1 Å². The van der Waals surface area contributed by atoms with Crippen molar-refractivity contribution in [1.82, 2.24) is 10.6 Å². The number of carboxylic acids is 1. The van der Waals surface area contributed by atoms with E-state index in [2.05, 4.69) is 10.6 Å². The van der Waals surface area contributed by atoms with E-state index in [4.69, 9.17) is 4.74 Å². The molecule has 0 aliphatic rings. The third kappa shape index (κ3) is 9.15. The van der Waals surface area contributed by atoms with Crippen LogP contribution in [0.2, 0.25) is 0 Å². The van der Waals surface area contributed by atoms with E-state index in [-0.39, 0.29) is 31.7 Å². The minimum Gasteiger partial charge on any atom is -0.479 e. The van der Waals surface area contributed by atoms with Gasteiger partial charge < -0.3 is 25.6 Å². The van der Waals surface area contributed by atoms with E-state index in [0.717, 1.165) is 23.6 Å². The van der Waals surface area contributed by atoms with Crippen LogP contribution in [0.5, 0.6) is 0 Å². The molecule has 2 rings (SSSR count). The summed E-state index contributed by atoms with van der Waals surface area (Å²) >= 11 is 0. The molecule has 0 aromatic heterocycles. The van der Waals surface area contributed by atoms with Gasteiger partial charge in [0.1, 0.15) is 11.1 Å². The zero-order chi connectivity index (χ0) is 27.0. The molecule has 36 heavy (non-hydrogen) atoms. The number of hydrogen-bond donors (Lipinski definition) is 4. The number of amides is 2. The average Bonchev–Trinajstić information content (AvgIpc) is 2.76. The van der Waals surface area contributed by atoms with Crippen LogP contribution in [0.15, 0.2) is 42.5 Å². The Morgan fingerprint density at radius 1 is 0.972 bits per heavy atom. The van der Waals surface area contributed by atoms with Crippen molar-refractivity contribution >= 4 is 28.7 Å². The van der Waals surface area contributed by atoms with Gasteiger partial charge in [-0.1, -0.05) is 62.2 Å². The topological polar surface area (TPSA) is 125 Å². The van der Waals surface area contributed by atoms with Gasteiger partial charge in [-0.15, -0.1) is 0 Å². The summed E-state index contributed by atoms with van der Waals surface area (Å²) in [6, 6.07) is 13.4. The van der Waals surface area contributed by atoms with E-state index < -0.39 is 28.8 Å². The maximum absolute atomic E-state index is 12.8. The molecule has 2 aromatic rings. The van der Waals surface area contributed by atoms with Gasteiger partial charge in [0.15, 0.2) is 0 Å². The highest BCUT2D eigenvalue weighted by molar-refractivity contribution is 5.88. The van der Waals surface area contributed by atoms with E-state index in [1.165, 1.54) is 6.92 Å². The number of aliphatic hydroxyl groups is 1. The summed E-state index contributed by atoms with van der Waals surface area (Å²) in [6.07, 6.45) is 1.55. The highest BCUT2D eigenvalue weighted by atomic mass is 16.6. The fourth-order valence-corrected chi connectivity index (χ4v) is 4.21. The zero-order valence-electron chi connectivity index (χ0n) is 22.0. The first-order valence-corrected chi connectivity index (χ1v) is 12.5. The molecule has 0 heterocycles. The predicted octanol–water partition coefficient (Wildman–Crippen LogP) is 4.57. The van der Waals surface area contributed by atoms with Crippen LogP contribution in [-0.4, -0.2) is 51.5 Å². The molecule has 0 radical (unpaired) electrons. The molecule has 0 spiro atoms. The van der Waals surface area contributed by atoms with E-state index in [1.54, 1.807) is 20.8 Å². The maximum atomic E-state index is 12.8. The molecule has 2 atom stereocenters. The number of carboxylic acid groups (broad SMARTS) is 1. The van der Waals surface area contributed by atoms with E-state index in [0.29, 0.717) is 12.0 Å². The Balaban J connectivity index is 2.32. The second kappa shape index (κ2) is 12.2.